The second kappa shape index (κ2) is 9.09. The van der Waals surface area contributed by atoms with Crippen LogP contribution in [0.1, 0.15) is 15.9 Å². The van der Waals surface area contributed by atoms with Crippen LogP contribution >= 0.6 is 11.6 Å². The molecular weight excluding hydrogens is 414 g/mol. The molecule has 4 rings (SSSR count). The van der Waals surface area contributed by atoms with Gasteiger partial charge in [0.1, 0.15) is 12.0 Å². The van der Waals surface area contributed by atoms with Crippen molar-refractivity contribution in [1.29, 1.82) is 0 Å². The molecule has 1 saturated heterocycles. The lowest BCUT2D eigenvalue weighted by Crippen LogP contribution is -2.47. The molecular formula is C22H24ClN7O. The zero-order valence-electron chi connectivity index (χ0n) is 17.2. The third-order valence-electron chi connectivity index (χ3n) is 5.30. The van der Waals surface area contributed by atoms with Gasteiger partial charge >= 0.3 is 0 Å². The maximum Gasteiger partial charge on any atom is 0.269 e. The van der Waals surface area contributed by atoms with Gasteiger partial charge in [-0.25, -0.2) is 9.97 Å². The van der Waals surface area contributed by atoms with Gasteiger partial charge in [0.05, 0.1) is 0 Å². The van der Waals surface area contributed by atoms with Crippen molar-refractivity contribution in [2.75, 3.05) is 47.1 Å². The zero-order chi connectivity index (χ0) is 21.8. The number of amides is 1. The van der Waals surface area contributed by atoms with Crippen LogP contribution in [0.15, 0.2) is 54.9 Å². The van der Waals surface area contributed by atoms with Gasteiger partial charge in [-0.15, -0.1) is 0 Å². The maximum absolute atomic E-state index is 12.4. The zero-order valence-corrected chi connectivity index (χ0v) is 17.9. The summed E-state index contributed by atoms with van der Waals surface area (Å²) < 4.78 is 0. The monoisotopic (exact) mass is 437 g/mol. The summed E-state index contributed by atoms with van der Waals surface area (Å²) in [6, 6.07) is 15.2. The van der Waals surface area contributed by atoms with Crippen LogP contribution in [0.2, 0.25) is 5.02 Å². The Hall–Kier alpha value is -3.52. The van der Waals surface area contributed by atoms with Crippen LogP contribution in [0.5, 0.6) is 0 Å². The van der Waals surface area contributed by atoms with Crippen LogP contribution in [0.4, 0.5) is 23.0 Å². The molecule has 0 saturated carbocycles. The Balaban J connectivity index is 1.41. The Kier molecular flexibility index (Phi) is 6.08. The number of halogens is 1. The molecule has 1 amide bonds. The third-order valence-corrected chi connectivity index (χ3v) is 5.53. The van der Waals surface area contributed by atoms with Crippen molar-refractivity contribution in [1.82, 2.24) is 15.4 Å². The van der Waals surface area contributed by atoms with Crippen molar-refractivity contribution < 1.29 is 4.79 Å². The molecule has 31 heavy (non-hydrogen) atoms. The van der Waals surface area contributed by atoms with Gasteiger partial charge in [0.25, 0.3) is 5.91 Å². The summed E-state index contributed by atoms with van der Waals surface area (Å²) in [7, 11) is 0. The number of carbonyl (C=O) groups is 1. The molecule has 1 aliphatic heterocycles. The molecule has 2 aromatic carbocycles. The predicted molar refractivity (Wildman–Crippen MR) is 125 cm³/mol. The largest absolute Gasteiger partial charge is 0.393 e. The van der Waals surface area contributed by atoms with E-state index in [1.54, 1.807) is 6.07 Å². The molecule has 0 unspecified atom stereocenters. The highest BCUT2D eigenvalue weighted by Gasteiger charge is 2.22. The minimum atomic E-state index is -0.257. The van der Waals surface area contributed by atoms with Gasteiger partial charge in [-0.1, -0.05) is 35.9 Å². The van der Waals surface area contributed by atoms with Crippen molar-refractivity contribution in [3.63, 3.8) is 0 Å². The number of hydrazine groups is 1. The Morgan fingerprint density at radius 2 is 1.77 bits per heavy atom. The number of piperazine rings is 1. The number of nitrogens with one attached hydrogen (secondary N) is 2. The Morgan fingerprint density at radius 1 is 1.03 bits per heavy atom. The van der Waals surface area contributed by atoms with Crippen LogP contribution < -0.4 is 26.4 Å². The second-order valence-corrected chi connectivity index (χ2v) is 7.74. The second-order valence-electron chi connectivity index (χ2n) is 7.31. The minimum absolute atomic E-state index is 0.257. The summed E-state index contributed by atoms with van der Waals surface area (Å²) in [5, 5.41) is 0.725. The number of carbonyl (C=O) groups excluding carboxylic acids is 1. The highest BCUT2D eigenvalue weighted by Crippen LogP contribution is 2.28. The van der Waals surface area contributed by atoms with Gasteiger partial charge in [0, 0.05) is 42.5 Å². The number of aryl methyl sites for hydroxylation is 1. The van der Waals surface area contributed by atoms with Crippen LogP contribution in [0.25, 0.3) is 0 Å². The van der Waals surface area contributed by atoms with E-state index < -0.39 is 0 Å². The lowest BCUT2D eigenvalue weighted by atomic mass is 10.1. The van der Waals surface area contributed by atoms with Crippen molar-refractivity contribution in [2.45, 2.75) is 6.92 Å². The summed E-state index contributed by atoms with van der Waals surface area (Å²) in [6.07, 6.45) is 1.44. The first-order valence-corrected chi connectivity index (χ1v) is 10.4. The summed E-state index contributed by atoms with van der Waals surface area (Å²) in [5.41, 5.74) is 14.8. The fraction of sp³-hybridized carbons (Fsp3) is 0.227. The lowest BCUT2D eigenvalue weighted by molar-refractivity contribution is 0.0962. The Morgan fingerprint density at radius 3 is 2.52 bits per heavy atom. The molecule has 0 bridgehead atoms. The number of aromatic nitrogens is 2. The van der Waals surface area contributed by atoms with Gasteiger partial charge in [0.15, 0.2) is 11.6 Å². The molecule has 0 spiro atoms. The van der Waals surface area contributed by atoms with E-state index in [9.17, 15) is 4.79 Å². The van der Waals surface area contributed by atoms with E-state index >= 15 is 0 Å². The van der Waals surface area contributed by atoms with Crippen LogP contribution in [-0.2, 0) is 0 Å². The molecule has 3 aromatic rings. The topological polar surface area (TPSA) is 99.4 Å². The summed E-state index contributed by atoms with van der Waals surface area (Å²) in [6.45, 7) is 5.02. The van der Waals surface area contributed by atoms with Crippen molar-refractivity contribution in [3.05, 3.63) is 71.0 Å². The molecule has 9 heteroatoms. The van der Waals surface area contributed by atoms with E-state index in [0.717, 1.165) is 42.5 Å². The number of hydrogen-bond acceptors (Lipinski definition) is 7. The maximum atomic E-state index is 12.4. The molecule has 0 aliphatic carbocycles. The van der Waals surface area contributed by atoms with Gasteiger partial charge in [-0.2, -0.15) is 0 Å². The normalized spacial score (nSPS) is 13.7. The number of rotatable bonds is 5. The first-order chi connectivity index (χ1) is 15.0. The van der Waals surface area contributed by atoms with E-state index in [1.807, 2.05) is 43.3 Å². The van der Waals surface area contributed by atoms with Crippen LogP contribution in [-0.4, -0.2) is 42.1 Å². The number of anilines is 4. The highest BCUT2D eigenvalue weighted by molar-refractivity contribution is 6.30. The number of benzene rings is 2. The number of nitrogens with zero attached hydrogens (tertiary/aromatic N) is 4. The van der Waals surface area contributed by atoms with Gasteiger partial charge in [-0.3, -0.25) is 15.6 Å². The molecule has 0 atom stereocenters. The quantitative estimate of drug-likeness (QED) is 0.527. The first-order valence-electron chi connectivity index (χ1n) is 10.0. The first kappa shape index (κ1) is 20.7. The fourth-order valence-corrected chi connectivity index (χ4v) is 3.78. The van der Waals surface area contributed by atoms with E-state index in [0.29, 0.717) is 22.9 Å². The van der Waals surface area contributed by atoms with Gasteiger partial charge in [0.2, 0.25) is 0 Å². The standard InChI is InChI=1S/C22H24ClN7O/c1-15-5-2-3-8-18(15)22(31)28-27-20-19(24)21(26-14-25-20)30-11-9-29(10-12-30)17-7-4-6-16(23)13-17/h2-8,13-14H,9-12,24H2,1H3,(H,28,31)(H,25,26,27). The fourth-order valence-electron chi connectivity index (χ4n) is 3.60. The number of nitrogen functional groups attached to an aromatic ring is 1. The minimum Gasteiger partial charge on any atom is -0.393 e. The molecule has 4 N–H and O–H groups in total. The van der Waals surface area contributed by atoms with E-state index in [2.05, 4.69) is 36.7 Å². The molecule has 1 aliphatic rings. The summed E-state index contributed by atoms with van der Waals surface area (Å²) in [4.78, 5) is 25.4. The number of nitrogens with two attached hydrogens (primary N) is 1. The molecule has 1 fully saturated rings. The van der Waals surface area contributed by atoms with E-state index in [4.69, 9.17) is 17.3 Å². The smallest absolute Gasteiger partial charge is 0.269 e. The predicted octanol–water partition coefficient (Wildman–Crippen LogP) is 3.10. The third kappa shape index (κ3) is 4.64. The average molecular weight is 438 g/mol. The van der Waals surface area contributed by atoms with Crippen molar-refractivity contribution in [3.8, 4) is 0 Å². The van der Waals surface area contributed by atoms with Gasteiger partial charge in [-0.05, 0) is 36.8 Å². The number of hydrogen-bond donors (Lipinski definition) is 3. The van der Waals surface area contributed by atoms with Crippen molar-refractivity contribution in [2.24, 2.45) is 0 Å². The van der Waals surface area contributed by atoms with Crippen LogP contribution in [0, 0.1) is 6.92 Å². The van der Waals surface area contributed by atoms with E-state index in [1.165, 1.54) is 6.33 Å². The molecule has 160 valence electrons. The molecule has 1 aromatic heterocycles. The average Bonchev–Trinajstić information content (AvgIpc) is 2.79. The summed E-state index contributed by atoms with van der Waals surface area (Å²) >= 11 is 6.12. The summed E-state index contributed by atoms with van der Waals surface area (Å²) in [5.74, 6) is 0.755. The molecule has 8 nitrogen and oxygen atoms in total. The Labute approximate surface area is 186 Å². The SMILES string of the molecule is Cc1ccccc1C(=O)NNc1ncnc(N2CCN(c3cccc(Cl)c3)CC2)c1N. The van der Waals surface area contributed by atoms with Crippen molar-refractivity contribution >= 4 is 40.5 Å². The van der Waals surface area contributed by atoms with Crippen LogP contribution in [0.3, 0.4) is 0 Å². The van der Waals surface area contributed by atoms with Gasteiger partial charge < -0.3 is 15.5 Å². The van der Waals surface area contributed by atoms with E-state index in [-0.39, 0.29) is 5.91 Å². The molecule has 0 radical (unpaired) electrons. The lowest BCUT2D eigenvalue weighted by Gasteiger charge is -2.37. The molecule has 2 heterocycles. The highest BCUT2D eigenvalue weighted by atomic mass is 35.5. The Bertz CT molecular complexity index is 1080.